The SMILES string of the molecule is COC(=O)c1ccc(CSc2[nH]c3c(c(=O)c2C(C)=O)=C(Cl)CCC=3Cl)cc1. The third-order valence-corrected chi connectivity index (χ3v) is 6.21. The van der Waals surface area contributed by atoms with Gasteiger partial charge in [-0.3, -0.25) is 9.59 Å². The number of benzene rings is 1. The highest BCUT2D eigenvalue weighted by atomic mass is 35.5. The molecule has 146 valence electrons. The first-order valence-corrected chi connectivity index (χ1v) is 10.2. The van der Waals surface area contributed by atoms with E-state index < -0.39 is 11.4 Å². The molecule has 0 atom stereocenters. The van der Waals surface area contributed by atoms with Crippen LogP contribution in [0.2, 0.25) is 0 Å². The van der Waals surface area contributed by atoms with Crippen LogP contribution in [0.4, 0.5) is 0 Å². The number of carbonyl (C=O) groups excluding carboxylic acids is 2. The summed E-state index contributed by atoms with van der Waals surface area (Å²) in [7, 11) is 1.33. The number of methoxy groups -OCH3 is 1. The Morgan fingerprint density at radius 1 is 1.14 bits per heavy atom. The van der Waals surface area contributed by atoms with Gasteiger partial charge in [0.2, 0.25) is 5.43 Å². The lowest BCUT2D eigenvalue weighted by atomic mass is 10.1. The highest BCUT2D eigenvalue weighted by Gasteiger charge is 2.20. The molecule has 0 bridgehead atoms. The Hall–Kier alpha value is -2.02. The molecule has 0 fully saturated rings. The number of aromatic nitrogens is 1. The summed E-state index contributed by atoms with van der Waals surface area (Å²) in [6, 6.07) is 6.94. The number of hydrogen-bond acceptors (Lipinski definition) is 5. The molecular weight excluding hydrogens is 421 g/mol. The molecule has 2 aromatic rings. The van der Waals surface area contributed by atoms with Gasteiger partial charge in [0.15, 0.2) is 5.78 Å². The molecule has 1 heterocycles. The maximum atomic E-state index is 12.9. The Balaban J connectivity index is 2.00. The Kier molecular flexibility index (Phi) is 6.33. The number of pyridine rings is 1. The molecule has 0 saturated carbocycles. The summed E-state index contributed by atoms with van der Waals surface area (Å²) >= 11 is 13.9. The average Bonchev–Trinajstić information content (AvgIpc) is 2.68. The maximum absolute atomic E-state index is 12.9. The molecule has 0 unspecified atom stereocenters. The number of rotatable bonds is 5. The minimum atomic E-state index is -0.407. The minimum absolute atomic E-state index is 0.0828. The Morgan fingerprint density at radius 3 is 2.39 bits per heavy atom. The van der Waals surface area contributed by atoms with E-state index in [2.05, 4.69) is 9.72 Å². The number of esters is 1. The number of H-pyrrole nitrogens is 1. The molecule has 3 rings (SSSR count). The molecule has 28 heavy (non-hydrogen) atoms. The number of halogens is 2. The molecule has 5 nitrogen and oxygen atoms in total. The van der Waals surface area contributed by atoms with Gasteiger partial charge in [0, 0.05) is 15.8 Å². The molecule has 0 saturated heterocycles. The maximum Gasteiger partial charge on any atom is 0.337 e. The Labute approximate surface area is 175 Å². The third-order valence-electron chi connectivity index (χ3n) is 4.39. The summed E-state index contributed by atoms with van der Waals surface area (Å²) in [4.78, 5) is 39.7. The van der Waals surface area contributed by atoms with Crippen LogP contribution in [0.1, 0.15) is 46.0 Å². The fourth-order valence-electron chi connectivity index (χ4n) is 2.95. The predicted molar refractivity (Wildman–Crippen MR) is 111 cm³/mol. The lowest BCUT2D eigenvalue weighted by molar-refractivity contribution is 0.0600. The first-order valence-electron chi connectivity index (χ1n) is 8.48. The lowest BCUT2D eigenvalue weighted by Gasteiger charge is -2.12. The molecule has 1 aliphatic carbocycles. The molecule has 1 aromatic heterocycles. The van der Waals surface area contributed by atoms with Gasteiger partial charge >= 0.3 is 5.97 Å². The highest BCUT2D eigenvalue weighted by Crippen LogP contribution is 2.24. The van der Waals surface area contributed by atoms with Gasteiger partial charge in [-0.2, -0.15) is 0 Å². The van der Waals surface area contributed by atoms with Crippen molar-refractivity contribution in [3.05, 3.63) is 61.7 Å². The van der Waals surface area contributed by atoms with E-state index in [1.165, 1.54) is 25.8 Å². The standard InChI is InChI=1S/C20H17Cl2NO4S/c1-10(24)15-18(25)16-13(21)7-8-14(22)17(16)23-19(15)28-9-11-3-5-12(6-4-11)20(26)27-2/h3-6,23H,7-9H2,1-2H3. The zero-order chi connectivity index (χ0) is 20.4. The van der Waals surface area contributed by atoms with E-state index in [9.17, 15) is 14.4 Å². The van der Waals surface area contributed by atoms with E-state index >= 15 is 0 Å². The normalized spacial score (nSPS) is 13.3. The second-order valence-corrected chi connectivity index (χ2v) is 8.15. The summed E-state index contributed by atoms with van der Waals surface area (Å²) in [6.45, 7) is 1.36. The number of nitrogens with one attached hydrogen (secondary N) is 1. The molecule has 0 aliphatic heterocycles. The van der Waals surface area contributed by atoms with E-state index in [0.717, 1.165) is 5.56 Å². The van der Waals surface area contributed by atoms with Crippen LogP contribution in [0.5, 0.6) is 0 Å². The number of aromatic amines is 1. The van der Waals surface area contributed by atoms with E-state index in [0.29, 0.717) is 44.6 Å². The monoisotopic (exact) mass is 437 g/mol. The first kappa shape index (κ1) is 20.7. The zero-order valence-corrected chi connectivity index (χ0v) is 17.6. The quantitative estimate of drug-likeness (QED) is 0.441. The summed E-state index contributed by atoms with van der Waals surface area (Å²) in [5.41, 5.74) is 1.06. The topological polar surface area (TPSA) is 76.2 Å². The number of carbonyl (C=O) groups is 2. The molecule has 0 amide bonds. The minimum Gasteiger partial charge on any atom is -0.465 e. The number of ketones is 1. The second-order valence-electron chi connectivity index (χ2n) is 6.25. The molecule has 0 radical (unpaired) electrons. The van der Waals surface area contributed by atoms with Gasteiger partial charge in [-0.1, -0.05) is 35.3 Å². The lowest BCUT2D eigenvalue weighted by Crippen LogP contribution is -2.47. The van der Waals surface area contributed by atoms with Crippen molar-refractivity contribution >= 4 is 56.8 Å². The summed E-state index contributed by atoms with van der Waals surface area (Å²) in [5.74, 6) is -0.250. The van der Waals surface area contributed by atoms with Gasteiger partial charge < -0.3 is 9.72 Å². The smallest absolute Gasteiger partial charge is 0.337 e. The number of thioether (sulfide) groups is 1. The molecule has 1 aromatic carbocycles. The van der Waals surface area contributed by atoms with Gasteiger partial charge in [-0.25, -0.2) is 4.79 Å². The average molecular weight is 438 g/mol. The predicted octanol–water partition coefficient (Wildman–Crippen LogP) is 3.14. The number of hydrogen-bond donors (Lipinski definition) is 1. The van der Waals surface area contributed by atoms with Crippen LogP contribution in [-0.2, 0) is 10.5 Å². The van der Waals surface area contributed by atoms with Gasteiger partial charge in [-0.05, 0) is 37.5 Å². The molecule has 0 spiro atoms. The molecule has 1 aliphatic rings. The fourth-order valence-corrected chi connectivity index (χ4v) is 4.52. The van der Waals surface area contributed by atoms with Gasteiger partial charge in [-0.15, -0.1) is 11.8 Å². The van der Waals surface area contributed by atoms with Crippen LogP contribution in [-0.4, -0.2) is 23.8 Å². The highest BCUT2D eigenvalue weighted by molar-refractivity contribution is 7.98. The number of fused-ring (bicyclic) bond motifs is 1. The van der Waals surface area contributed by atoms with Crippen LogP contribution in [0.3, 0.4) is 0 Å². The van der Waals surface area contributed by atoms with Crippen LogP contribution < -0.4 is 16.0 Å². The van der Waals surface area contributed by atoms with Crippen molar-refractivity contribution in [2.24, 2.45) is 0 Å². The van der Waals surface area contributed by atoms with Crippen molar-refractivity contribution in [2.75, 3.05) is 7.11 Å². The first-order chi connectivity index (χ1) is 13.3. The van der Waals surface area contributed by atoms with E-state index in [-0.39, 0.29) is 16.6 Å². The van der Waals surface area contributed by atoms with Crippen molar-refractivity contribution < 1.29 is 14.3 Å². The van der Waals surface area contributed by atoms with Crippen molar-refractivity contribution in [1.29, 1.82) is 0 Å². The van der Waals surface area contributed by atoms with Crippen molar-refractivity contribution in [3.63, 3.8) is 0 Å². The van der Waals surface area contributed by atoms with Gasteiger partial charge in [0.25, 0.3) is 0 Å². The third kappa shape index (κ3) is 4.04. The van der Waals surface area contributed by atoms with Crippen molar-refractivity contribution in [2.45, 2.75) is 30.5 Å². The van der Waals surface area contributed by atoms with Crippen LogP contribution in [0.15, 0.2) is 34.1 Å². The number of ether oxygens (including phenoxy) is 1. The number of Topliss-reactive ketones (excluding diaryl/α,β-unsaturated/α-hetero) is 1. The summed E-state index contributed by atoms with van der Waals surface area (Å²) < 4.78 is 4.68. The van der Waals surface area contributed by atoms with E-state index in [4.69, 9.17) is 23.2 Å². The van der Waals surface area contributed by atoms with Crippen molar-refractivity contribution in [1.82, 2.24) is 4.98 Å². The van der Waals surface area contributed by atoms with E-state index in [1.807, 2.05) is 0 Å². The molecule has 1 N–H and O–H groups in total. The van der Waals surface area contributed by atoms with Crippen molar-refractivity contribution in [3.8, 4) is 0 Å². The Bertz CT molecular complexity index is 1140. The molecule has 8 heteroatoms. The zero-order valence-electron chi connectivity index (χ0n) is 15.2. The summed E-state index contributed by atoms with van der Waals surface area (Å²) in [6.07, 6.45) is 1.02. The molecular formula is C20H17Cl2NO4S. The largest absolute Gasteiger partial charge is 0.465 e. The Morgan fingerprint density at radius 2 is 1.79 bits per heavy atom. The van der Waals surface area contributed by atoms with E-state index in [1.54, 1.807) is 24.3 Å². The van der Waals surface area contributed by atoms with Gasteiger partial charge in [0.05, 0.1) is 33.8 Å². The van der Waals surface area contributed by atoms with Crippen LogP contribution in [0.25, 0.3) is 10.1 Å². The van der Waals surface area contributed by atoms with Crippen LogP contribution >= 0.6 is 35.0 Å². The second kappa shape index (κ2) is 8.55. The fraction of sp³-hybridized carbons (Fsp3) is 0.250. The summed E-state index contributed by atoms with van der Waals surface area (Å²) in [5, 5.41) is 2.16. The van der Waals surface area contributed by atoms with Gasteiger partial charge in [0.1, 0.15) is 0 Å². The van der Waals surface area contributed by atoms with Crippen LogP contribution in [0, 0.1) is 0 Å².